The van der Waals surface area contributed by atoms with Gasteiger partial charge >= 0.3 is 0 Å². The standard InChI is InChI=1S/C21H25ClN6O/c1-14-18(8-9-21(29)23-12-16-6-5-7-17(22)10-16)15(2)28(26-14)20-11-19(27(3)4)24-13-25-20/h5-7,10-11,13H,8-9,12H2,1-4H3,(H,23,29). The number of benzene rings is 1. The van der Waals surface area contributed by atoms with Gasteiger partial charge in [0.15, 0.2) is 5.82 Å². The number of nitrogens with zero attached hydrogens (tertiary/aromatic N) is 5. The Hall–Kier alpha value is -2.93. The molecule has 0 aliphatic carbocycles. The van der Waals surface area contributed by atoms with Crippen LogP contribution in [0.25, 0.3) is 5.82 Å². The smallest absolute Gasteiger partial charge is 0.220 e. The number of hydrogen-bond donors (Lipinski definition) is 1. The average molecular weight is 413 g/mol. The first-order chi connectivity index (χ1) is 13.8. The first kappa shape index (κ1) is 20.8. The number of halogens is 1. The molecule has 0 saturated heterocycles. The van der Waals surface area contributed by atoms with Gasteiger partial charge in [0.1, 0.15) is 12.1 Å². The Morgan fingerprint density at radius 3 is 2.72 bits per heavy atom. The van der Waals surface area contributed by atoms with E-state index in [0.29, 0.717) is 30.2 Å². The largest absolute Gasteiger partial charge is 0.363 e. The van der Waals surface area contributed by atoms with Gasteiger partial charge in [0, 0.05) is 43.8 Å². The van der Waals surface area contributed by atoms with Crippen molar-refractivity contribution in [3.8, 4) is 5.82 Å². The Balaban J connectivity index is 1.66. The van der Waals surface area contributed by atoms with E-state index in [1.165, 1.54) is 6.33 Å². The molecular formula is C21H25ClN6O. The third-order valence-electron chi connectivity index (χ3n) is 4.74. The minimum absolute atomic E-state index is 0.00606. The van der Waals surface area contributed by atoms with Crippen LogP contribution in [0.15, 0.2) is 36.7 Å². The SMILES string of the molecule is Cc1nn(-c2cc(N(C)C)ncn2)c(C)c1CCC(=O)NCc1cccc(Cl)c1. The highest BCUT2D eigenvalue weighted by molar-refractivity contribution is 6.30. The normalized spacial score (nSPS) is 10.8. The van der Waals surface area contributed by atoms with E-state index in [9.17, 15) is 4.79 Å². The quantitative estimate of drug-likeness (QED) is 0.644. The van der Waals surface area contributed by atoms with E-state index in [1.54, 1.807) is 0 Å². The summed E-state index contributed by atoms with van der Waals surface area (Å²) in [6.45, 7) is 4.41. The highest BCUT2D eigenvalue weighted by Gasteiger charge is 2.15. The van der Waals surface area contributed by atoms with Gasteiger partial charge in [-0.2, -0.15) is 5.10 Å². The fourth-order valence-corrected chi connectivity index (χ4v) is 3.34. The molecule has 29 heavy (non-hydrogen) atoms. The number of nitrogens with one attached hydrogen (secondary N) is 1. The molecule has 3 aromatic rings. The van der Waals surface area contributed by atoms with E-state index in [2.05, 4.69) is 20.4 Å². The number of rotatable bonds is 7. The minimum Gasteiger partial charge on any atom is -0.363 e. The number of hydrogen-bond acceptors (Lipinski definition) is 5. The number of anilines is 1. The molecule has 0 saturated carbocycles. The topological polar surface area (TPSA) is 75.9 Å². The zero-order valence-electron chi connectivity index (χ0n) is 17.1. The van der Waals surface area contributed by atoms with E-state index >= 15 is 0 Å². The van der Waals surface area contributed by atoms with Crippen LogP contribution < -0.4 is 10.2 Å². The van der Waals surface area contributed by atoms with Gasteiger partial charge in [0.25, 0.3) is 0 Å². The van der Waals surface area contributed by atoms with Gasteiger partial charge in [-0.25, -0.2) is 14.6 Å². The number of aryl methyl sites for hydroxylation is 1. The van der Waals surface area contributed by atoms with Crippen LogP contribution >= 0.6 is 11.6 Å². The maximum absolute atomic E-state index is 12.3. The van der Waals surface area contributed by atoms with Crippen molar-refractivity contribution in [1.82, 2.24) is 25.1 Å². The molecule has 0 unspecified atom stereocenters. The molecule has 0 radical (unpaired) electrons. The van der Waals surface area contributed by atoms with Crippen LogP contribution in [0, 0.1) is 13.8 Å². The fraction of sp³-hybridized carbons (Fsp3) is 0.333. The molecule has 0 aliphatic heterocycles. The predicted octanol–water partition coefficient (Wildman–Crippen LogP) is 3.25. The summed E-state index contributed by atoms with van der Waals surface area (Å²) in [6, 6.07) is 9.37. The zero-order valence-corrected chi connectivity index (χ0v) is 17.9. The summed E-state index contributed by atoms with van der Waals surface area (Å²) in [5.41, 5.74) is 3.92. The van der Waals surface area contributed by atoms with Gasteiger partial charge in [0.2, 0.25) is 5.91 Å². The van der Waals surface area contributed by atoms with E-state index < -0.39 is 0 Å². The minimum atomic E-state index is -0.00606. The Morgan fingerprint density at radius 1 is 1.21 bits per heavy atom. The summed E-state index contributed by atoms with van der Waals surface area (Å²) in [7, 11) is 3.86. The molecule has 2 heterocycles. The Labute approximate surface area is 175 Å². The molecule has 0 aliphatic rings. The van der Waals surface area contributed by atoms with Crippen molar-refractivity contribution >= 4 is 23.3 Å². The van der Waals surface area contributed by atoms with Gasteiger partial charge in [-0.05, 0) is 43.5 Å². The maximum Gasteiger partial charge on any atom is 0.220 e. The third-order valence-corrected chi connectivity index (χ3v) is 4.97. The molecule has 0 spiro atoms. The molecule has 1 N–H and O–H groups in total. The number of amides is 1. The van der Waals surface area contributed by atoms with Gasteiger partial charge in [-0.3, -0.25) is 4.79 Å². The summed E-state index contributed by atoms with van der Waals surface area (Å²) in [5, 5.41) is 8.23. The molecule has 3 rings (SSSR count). The van der Waals surface area contributed by atoms with Crippen molar-refractivity contribution in [2.24, 2.45) is 0 Å². The first-order valence-electron chi connectivity index (χ1n) is 9.41. The number of carbonyl (C=O) groups excluding carboxylic acids is 1. The van der Waals surface area contributed by atoms with E-state index in [1.807, 2.05) is 67.9 Å². The van der Waals surface area contributed by atoms with Crippen LogP contribution in [0.3, 0.4) is 0 Å². The highest BCUT2D eigenvalue weighted by Crippen LogP contribution is 2.20. The van der Waals surface area contributed by atoms with Crippen molar-refractivity contribution < 1.29 is 4.79 Å². The van der Waals surface area contributed by atoms with Gasteiger partial charge in [-0.15, -0.1) is 0 Å². The van der Waals surface area contributed by atoms with Crippen LogP contribution in [-0.2, 0) is 17.8 Å². The van der Waals surface area contributed by atoms with Gasteiger partial charge in [-0.1, -0.05) is 23.7 Å². The Morgan fingerprint density at radius 2 is 2.00 bits per heavy atom. The second-order valence-corrected chi connectivity index (χ2v) is 7.53. The van der Waals surface area contributed by atoms with Crippen molar-refractivity contribution in [2.75, 3.05) is 19.0 Å². The second kappa shape index (κ2) is 9.05. The van der Waals surface area contributed by atoms with Crippen LogP contribution in [0.4, 0.5) is 5.82 Å². The average Bonchev–Trinajstić information content (AvgIpc) is 2.98. The molecule has 0 fully saturated rings. The van der Waals surface area contributed by atoms with Gasteiger partial charge < -0.3 is 10.2 Å². The van der Waals surface area contributed by atoms with Crippen molar-refractivity contribution in [1.29, 1.82) is 0 Å². The van der Waals surface area contributed by atoms with Crippen LogP contribution in [0.2, 0.25) is 5.02 Å². The van der Waals surface area contributed by atoms with Crippen LogP contribution in [0.5, 0.6) is 0 Å². The molecule has 0 atom stereocenters. The molecule has 0 bridgehead atoms. The summed E-state index contributed by atoms with van der Waals surface area (Å²) in [5.74, 6) is 1.51. The molecule has 1 amide bonds. The van der Waals surface area contributed by atoms with E-state index in [4.69, 9.17) is 11.6 Å². The molecule has 2 aromatic heterocycles. The van der Waals surface area contributed by atoms with E-state index in [-0.39, 0.29) is 5.91 Å². The lowest BCUT2D eigenvalue weighted by molar-refractivity contribution is -0.121. The van der Waals surface area contributed by atoms with Gasteiger partial charge in [0.05, 0.1) is 5.69 Å². The van der Waals surface area contributed by atoms with Crippen LogP contribution in [0.1, 0.15) is 28.9 Å². The fourth-order valence-electron chi connectivity index (χ4n) is 3.13. The summed E-state index contributed by atoms with van der Waals surface area (Å²) in [6.07, 6.45) is 2.54. The van der Waals surface area contributed by atoms with Crippen molar-refractivity contribution in [3.63, 3.8) is 0 Å². The maximum atomic E-state index is 12.3. The lowest BCUT2D eigenvalue weighted by Crippen LogP contribution is -2.23. The lowest BCUT2D eigenvalue weighted by atomic mass is 10.1. The highest BCUT2D eigenvalue weighted by atomic mass is 35.5. The molecule has 7 nitrogen and oxygen atoms in total. The van der Waals surface area contributed by atoms with Crippen molar-refractivity contribution in [3.05, 3.63) is 64.2 Å². The first-order valence-corrected chi connectivity index (χ1v) is 9.79. The Kier molecular flexibility index (Phi) is 6.49. The monoisotopic (exact) mass is 412 g/mol. The molecule has 152 valence electrons. The van der Waals surface area contributed by atoms with E-state index in [0.717, 1.165) is 28.3 Å². The summed E-state index contributed by atoms with van der Waals surface area (Å²) < 4.78 is 1.81. The Bertz CT molecular complexity index is 1010. The number of aromatic nitrogens is 4. The predicted molar refractivity (Wildman–Crippen MR) is 115 cm³/mol. The molecular weight excluding hydrogens is 388 g/mol. The number of carbonyl (C=O) groups is 1. The lowest BCUT2D eigenvalue weighted by Gasteiger charge is -2.12. The van der Waals surface area contributed by atoms with Crippen LogP contribution in [-0.4, -0.2) is 39.8 Å². The second-order valence-electron chi connectivity index (χ2n) is 7.10. The third kappa shape index (κ3) is 5.12. The summed E-state index contributed by atoms with van der Waals surface area (Å²) in [4.78, 5) is 22.8. The summed E-state index contributed by atoms with van der Waals surface area (Å²) >= 11 is 5.98. The zero-order chi connectivity index (χ0) is 21.0. The van der Waals surface area contributed by atoms with Crippen molar-refractivity contribution in [2.45, 2.75) is 33.2 Å². The molecule has 8 heteroatoms. The molecule has 1 aromatic carbocycles.